The normalized spacial score (nSPS) is 11.4. The number of hydrogen-bond donors (Lipinski definition) is 1. The number of nitro benzene ring substituents is 1. The molecule has 0 aliphatic rings. The minimum absolute atomic E-state index is 0.00584. The van der Waals surface area contributed by atoms with Gasteiger partial charge in [-0.2, -0.15) is 0 Å². The quantitative estimate of drug-likeness (QED) is 0.460. The average molecular weight is 393 g/mol. The van der Waals surface area contributed by atoms with E-state index in [9.17, 15) is 19.7 Å². The van der Waals surface area contributed by atoms with Gasteiger partial charge in [0.25, 0.3) is 11.6 Å². The Kier molecular flexibility index (Phi) is 5.64. The number of rotatable bonds is 6. The molecule has 8 heteroatoms. The standard InChI is InChI=1S/C16H13BrN2O5/c1-10(16(21)18-13-4-2-3-12(17)8-13)24-15-6-5-14(19(22)23)7-11(15)9-20/h2-10H,1H3,(H,18,21)/t10-/m0/s1. The van der Waals surface area contributed by atoms with Crippen LogP contribution in [0.3, 0.4) is 0 Å². The predicted molar refractivity (Wildman–Crippen MR) is 91.3 cm³/mol. The van der Waals surface area contributed by atoms with E-state index in [1.54, 1.807) is 18.2 Å². The van der Waals surface area contributed by atoms with Crippen LogP contribution in [0.1, 0.15) is 17.3 Å². The van der Waals surface area contributed by atoms with Gasteiger partial charge in [-0.05, 0) is 31.2 Å². The maximum absolute atomic E-state index is 12.2. The Labute approximate surface area is 145 Å². The summed E-state index contributed by atoms with van der Waals surface area (Å²) in [5.41, 5.74) is 0.367. The maximum Gasteiger partial charge on any atom is 0.270 e. The van der Waals surface area contributed by atoms with Crippen LogP contribution in [0.4, 0.5) is 11.4 Å². The Morgan fingerprint density at radius 3 is 2.71 bits per heavy atom. The number of carbonyl (C=O) groups excluding carboxylic acids is 2. The van der Waals surface area contributed by atoms with Crippen molar-refractivity contribution in [3.63, 3.8) is 0 Å². The van der Waals surface area contributed by atoms with E-state index >= 15 is 0 Å². The molecule has 0 bridgehead atoms. The summed E-state index contributed by atoms with van der Waals surface area (Å²) in [6.07, 6.45) is -0.453. The van der Waals surface area contributed by atoms with Crippen LogP contribution in [0.25, 0.3) is 0 Å². The summed E-state index contributed by atoms with van der Waals surface area (Å²) in [4.78, 5) is 33.3. The van der Waals surface area contributed by atoms with Crippen LogP contribution in [0.15, 0.2) is 46.9 Å². The minimum Gasteiger partial charge on any atom is -0.480 e. The fourth-order valence-corrected chi connectivity index (χ4v) is 2.30. The highest BCUT2D eigenvalue weighted by atomic mass is 79.9. The van der Waals surface area contributed by atoms with Gasteiger partial charge in [-0.25, -0.2) is 0 Å². The van der Waals surface area contributed by atoms with E-state index in [-0.39, 0.29) is 17.0 Å². The second kappa shape index (κ2) is 7.69. The summed E-state index contributed by atoms with van der Waals surface area (Å²) in [5, 5.41) is 13.4. The average Bonchev–Trinajstić information content (AvgIpc) is 2.54. The number of non-ortho nitro benzene ring substituents is 1. The van der Waals surface area contributed by atoms with Crippen molar-refractivity contribution in [3.8, 4) is 5.75 Å². The zero-order valence-corrected chi connectivity index (χ0v) is 14.1. The molecule has 7 nitrogen and oxygen atoms in total. The molecule has 1 atom stereocenters. The molecule has 0 radical (unpaired) electrons. The van der Waals surface area contributed by atoms with Crippen LogP contribution in [0.5, 0.6) is 5.75 Å². The lowest BCUT2D eigenvalue weighted by atomic mass is 10.2. The van der Waals surface area contributed by atoms with Gasteiger partial charge in [-0.3, -0.25) is 19.7 Å². The lowest BCUT2D eigenvalue weighted by Gasteiger charge is -2.16. The van der Waals surface area contributed by atoms with Crippen LogP contribution >= 0.6 is 15.9 Å². The van der Waals surface area contributed by atoms with E-state index in [2.05, 4.69) is 21.2 Å². The Morgan fingerprint density at radius 2 is 2.08 bits per heavy atom. The number of anilines is 1. The molecule has 0 spiro atoms. The summed E-state index contributed by atoms with van der Waals surface area (Å²) in [6, 6.07) is 10.6. The number of nitrogens with one attached hydrogen (secondary N) is 1. The molecule has 0 saturated carbocycles. The van der Waals surface area contributed by atoms with Crippen LogP contribution < -0.4 is 10.1 Å². The summed E-state index contributed by atoms with van der Waals surface area (Å²) in [5.74, 6) is -0.309. The van der Waals surface area contributed by atoms with Crippen LogP contribution in [0, 0.1) is 10.1 Å². The van der Waals surface area contributed by atoms with Crippen molar-refractivity contribution in [1.29, 1.82) is 0 Å². The molecule has 0 fully saturated rings. The molecule has 0 saturated heterocycles. The molecule has 2 aromatic rings. The fraction of sp³-hybridized carbons (Fsp3) is 0.125. The number of amides is 1. The molecular weight excluding hydrogens is 380 g/mol. The Balaban J connectivity index is 2.11. The molecule has 2 rings (SSSR count). The first kappa shape index (κ1) is 17.6. The predicted octanol–water partition coefficient (Wildman–Crippen LogP) is 3.58. The molecule has 2 aromatic carbocycles. The van der Waals surface area contributed by atoms with E-state index in [1.165, 1.54) is 19.1 Å². The highest BCUT2D eigenvalue weighted by molar-refractivity contribution is 9.10. The van der Waals surface area contributed by atoms with Crippen LogP contribution in [0.2, 0.25) is 0 Å². The molecule has 24 heavy (non-hydrogen) atoms. The molecule has 124 valence electrons. The van der Waals surface area contributed by atoms with Gasteiger partial charge < -0.3 is 10.1 Å². The lowest BCUT2D eigenvalue weighted by molar-refractivity contribution is -0.384. The van der Waals surface area contributed by atoms with Crippen molar-refractivity contribution in [2.24, 2.45) is 0 Å². The summed E-state index contributed by atoms with van der Waals surface area (Å²) < 4.78 is 6.27. The Bertz CT molecular complexity index is 794. The van der Waals surface area contributed by atoms with Crippen molar-refractivity contribution in [2.45, 2.75) is 13.0 Å². The number of halogens is 1. The maximum atomic E-state index is 12.2. The number of nitro groups is 1. The van der Waals surface area contributed by atoms with Crippen molar-refractivity contribution in [1.82, 2.24) is 0 Å². The number of aldehydes is 1. The van der Waals surface area contributed by atoms with Gasteiger partial charge in [0.15, 0.2) is 12.4 Å². The van der Waals surface area contributed by atoms with Crippen molar-refractivity contribution >= 4 is 39.5 Å². The Morgan fingerprint density at radius 1 is 1.33 bits per heavy atom. The topological polar surface area (TPSA) is 98.5 Å². The van der Waals surface area contributed by atoms with Gasteiger partial charge in [0, 0.05) is 22.3 Å². The first-order valence-electron chi connectivity index (χ1n) is 6.87. The molecule has 1 amide bonds. The van der Waals surface area contributed by atoms with Gasteiger partial charge in [0.1, 0.15) is 5.75 Å². The number of nitrogens with zero attached hydrogens (tertiary/aromatic N) is 1. The fourth-order valence-electron chi connectivity index (χ4n) is 1.90. The minimum atomic E-state index is -0.899. The van der Waals surface area contributed by atoms with Crippen molar-refractivity contribution in [2.75, 3.05) is 5.32 Å². The second-order valence-corrected chi connectivity index (χ2v) is 5.77. The highest BCUT2D eigenvalue weighted by Crippen LogP contribution is 2.24. The molecule has 0 aliphatic heterocycles. The molecule has 0 aromatic heterocycles. The van der Waals surface area contributed by atoms with Gasteiger partial charge in [0.2, 0.25) is 0 Å². The van der Waals surface area contributed by atoms with E-state index in [0.717, 1.165) is 10.5 Å². The van der Waals surface area contributed by atoms with E-state index in [4.69, 9.17) is 4.74 Å². The largest absolute Gasteiger partial charge is 0.480 e. The van der Waals surface area contributed by atoms with Gasteiger partial charge in [0.05, 0.1) is 10.5 Å². The third-order valence-corrected chi connectivity index (χ3v) is 3.59. The number of benzene rings is 2. The number of hydrogen-bond acceptors (Lipinski definition) is 5. The summed E-state index contributed by atoms with van der Waals surface area (Å²) in [7, 11) is 0. The van der Waals surface area contributed by atoms with E-state index in [1.807, 2.05) is 6.07 Å². The SMILES string of the molecule is C[C@H](Oc1ccc([N+](=O)[O-])cc1C=O)C(=O)Nc1cccc(Br)c1. The number of ether oxygens (including phenoxy) is 1. The molecule has 0 heterocycles. The molecular formula is C16H13BrN2O5. The van der Waals surface area contributed by atoms with Crippen molar-refractivity contribution < 1.29 is 19.2 Å². The summed E-state index contributed by atoms with van der Waals surface area (Å²) in [6.45, 7) is 1.52. The Hall–Kier alpha value is -2.74. The molecule has 0 aliphatic carbocycles. The first-order valence-corrected chi connectivity index (χ1v) is 7.66. The van der Waals surface area contributed by atoms with Gasteiger partial charge in [-0.1, -0.05) is 22.0 Å². The van der Waals surface area contributed by atoms with E-state index in [0.29, 0.717) is 12.0 Å². The zero-order chi connectivity index (χ0) is 17.7. The first-order chi connectivity index (χ1) is 11.4. The summed E-state index contributed by atoms with van der Waals surface area (Å²) >= 11 is 3.30. The second-order valence-electron chi connectivity index (χ2n) is 4.86. The third kappa shape index (κ3) is 4.39. The number of carbonyl (C=O) groups is 2. The third-order valence-electron chi connectivity index (χ3n) is 3.10. The lowest BCUT2D eigenvalue weighted by Crippen LogP contribution is -2.30. The molecule has 1 N–H and O–H groups in total. The molecule has 0 unspecified atom stereocenters. The smallest absolute Gasteiger partial charge is 0.270 e. The van der Waals surface area contributed by atoms with Crippen molar-refractivity contribution in [3.05, 3.63) is 62.6 Å². The van der Waals surface area contributed by atoms with Gasteiger partial charge >= 0.3 is 0 Å². The monoisotopic (exact) mass is 392 g/mol. The van der Waals surface area contributed by atoms with Crippen LogP contribution in [-0.2, 0) is 4.79 Å². The van der Waals surface area contributed by atoms with E-state index < -0.39 is 16.9 Å². The highest BCUT2D eigenvalue weighted by Gasteiger charge is 2.18. The van der Waals surface area contributed by atoms with Crippen LogP contribution in [-0.4, -0.2) is 23.2 Å². The van der Waals surface area contributed by atoms with Gasteiger partial charge in [-0.15, -0.1) is 0 Å². The zero-order valence-electron chi connectivity index (χ0n) is 12.6.